The number of ether oxygens (including phenoxy) is 3. The largest absolute Gasteiger partial charge is 0.485 e. The van der Waals surface area contributed by atoms with E-state index in [4.69, 9.17) is 19.9 Å². The zero-order valence-corrected chi connectivity index (χ0v) is 11.0. The number of hydrogen-bond acceptors (Lipinski definition) is 4. The fraction of sp³-hybridized carbons (Fsp3) is 0.571. The van der Waals surface area contributed by atoms with Crippen molar-refractivity contribution in [3.05, 3.63) is 29.8 Å². The first-order chi connectivity index (χ1) is 9.60. The molecule has 0 bridgehead atoms. The number of halogens is 2. The Bertz CT molecular complexity index is 491. The van der Waals surface area contributed by atoms with Crippen LogP contribution in [0, 0.1) is 11.6 Å². The molecule has 3 rings (SSSR count). The Hall–Kier alpha value is -1.24. The van der Waals surface area contributed by atoms with Crippen molar-refractivity contribution in [1.29, 1.82) is 0 Å². The van der Waals surface area contributed by atoms with Gasteiger partial charge in [0.15, 0.2) is 17.4 Å². The number of hydrogen-bond donors (Lipinski definition) is 1. The Morgan fingerprint density at radius 2 is 2.00 bits per heavy atom. The van der Waals surface area contributed by atoms with Crippen LogP contribution in [0.3, 0.4) is 0 Å². The van der Waals surface area contributed by atoms with Crippen LogP contribution in [0.25, 0.3) is 0 Å². The maximum atomic E-state index is 13.6. The first-order valence-electron chi connectivity index (χ1n) is 6.74. The minimum absolute atomic E-state index is 0.125. The molecule has 1 aromatic carbocycles. The third-order valence-electron chi connectivity index (χ3n) is 3.86. The van der Waals surface area contributed by atoms with Crippen LogP contribution < -0.4 is 10.5 Å². The highest BCUT2D eigenvalue weighted by Crippen LogP contribution is 2.37. The van der Waals surface area contributed by atoms with E-state index < -0.39 is 23.5 Å². The first-order valence-corrected chi connectivity index (χ1v) is 6.74. The summed E-state index contributed by atoms with van der Waals surface area (Å²) in [5.74, 6) is -2.73. The maximum absolute atomic E-state index is 13.6. The van der Waals surface area contributed by atoms with Crippen LogP contribution in [0.1, 0.15) is 19.3 Å². The summed E-state index contributed by atoms with van der Waals surface area (Å²) in [6, 6.07) is 3.59. The summed E-state index contributed by atoms with van der Waals surface area (Å²) >= 11 is 0. The van der Waals surface area contributed by atoms with E-state index in [2.05, 4.69) is 0 Å². The second-order valence-electron chi connectivity index (χ2n) is 5.22. The summed E-state index contributed by atoms with van der Waals surface area (Å²) in [6.45, 7) is 1.08. The van der Waals surface area contributed by atoms with Gasteiger partial charge in [-0.15, -0.1) is 0 Å². The SMILES string of the molecule is NC1CCC2(CC1Oc1cccc(F)c1F)OCCO2. The van der Waals surface area contributed by atoms with E-state index in [1.54, 1.807) is 0 Å². The lowest BCUT2D eigenvalue weighted by atomic mass is 9.88. The van der Waals surface area contributed by atoms with E-state index in [-0.39, 0.29) is 11.8 Å². The molecule has 4 nitrogen and oxygen atoms in total. The van der Waals surface area contributed by atoms with Gasteiger partial charge in [0, 0.05) is 18.9 Å². The van der Waals surface area contributed by atoms with Gasteiger partial charge in [-0.1, -0.05) is 6.07 Å². The van der Waals surface area contributed by atoms with E-state index in [0.29, 0.717) is 32.5 Å². The second kappa shape index (κ2) is 5.27. The van der Waals surface area contributed by atoms with Crippen LogP contribution in [0.15, 0.2) is 18.2 Å². The van der Waals surface area contributed by atoms with Gasteiger partial charge in [0.25, 0.3) is 0 Å². The van der Waals surface area contributed by atoms with Gasteiger partial charge in [0.1, 0.15) is 6.10 Å². The lowest BCUT2D eigenvalue weighted by Gasteiger charge is -2.39. The zero-order chi connectivity index (χ0) is 14.2. The normalized spacial score (nSPS) is 28.8. The van der Waals surface area contributed by atoms with Crippen LogP contribution in [-0.2, 0) is 9.47 Å². The molecule has 2 aliphatic rings. The van der Waals surface area contributed by atoms with Gasteiger partial charge in [-0.2, -0.15) is 4.39 Å². The molecule has 0 aromatic heterocycles. The van der Waals surface area contributed by atoms with E-state index >= 15 is 0 Å². The molecule has 110 valence electrons. The summed E-state index contributed by atoms with van der Waals surface area (Å²) in [6.07, 6.45) is 1.31. The Morgan fingerprint density at radius 1 is 1.25 bits per heavy atom. The number of benzene rings is 1. The van der Waals surface area contributed by atoms with Crippen molar-refractivity contribution in [2.24, 2.45) is 5.73 Å². The Labute approximate surface area is 115 Å². The third kappa shape index (κ3) is 2.51. The van der Waals surface area contributed by atoms with Gasteiger partial charge in [0.2, 0.25) is 5.82 Å². The zero-order valence-electron chi connectivity index (χ0n) is 11.0. The van der Waals surface area contributed by atoms with Gasteiger partial charge in [0.05, 0.1) is 13.2 Å². The van der Waals surface area contributed by atoms with E-state index in [0.717, 1.165) is 6.07 Å². The molecule has 1 spiro atoms. The van der Waals surface area contributed by atoms with Crippen LogP contribution in [-0.4, -0.2) is 31.1 Å². The van der Waals surface area contributed by atoms with Crippen molar-refractivity contribution in [3.63, 3.8) is 0 Å². The molecule has 0 amide bonds. The number of rotatable bonds is 2. The van der Waals surface area contributed by atoms with E-state index in [1.807, 2.05) is 0 Å². The van der Waals surface area contributed by atoms with Gasteiger partial charge in [-0.05, 0) is 18.6 Å². The van der Waals surface area contributed by atoms with E-state index in [9.17, 15) is 8.78 Å². The topological polar surface area (TPSA) is 53.7 Å². The molecular weight excluding hydrogens is 268 g/mol. The summed E-state index contributed by atoms with van der Waals surface area (Å²) in [5.41, 5.74) is 6.01. The average molecular weight is 285 g/mol. The molecule has 6 heteroatoms. The highest BCUT2D eigenvalue weighted by Gasteiger charge is 2.45. The molecule has 2 fully saturated rings. The Morgan fingerprint density at radius 3 is 2.75 bits per heavy atom. The van der Waals surface area contributed by atoms with E-state index in [1.165, 1.54) is 12.1 Å². The summed E-state index contributed by atoms with van der Waals surface area (Å²) in [7, 11) is 0. The van der Waals surface area contributed by atoms with Crippen molar-refractivity contribution >= 4 is 0 Å². The van der Waals surface area contributed by atoms with Gasteiger partial charge >= 0.3 is 0 Å². The molecule has 1 aromatic rings. The predicted octanol–water partition coefficient (Wildman–Crippen LogP) is 1.97. The maximum Gasteiger partial charge on any atom is 0.200 e. The molecule has 2 N–H and O–H groups in total. The minimum atomic E-state index is -0.993. The highest BCUT2D eigenvalue weighted by atomic mass is 19.2. The molecule has 1 aliphatic carbocycles. The Kier molecular flexibility index (Phi) is 3.62. The number of nitrogens with two attached hydrogens (primary N) is 1. The van der Waals surface area contributed by atoms with Gasteiger partial charge < -0.3 is 19.9 Å². The van der Waals surface area contributed by atoms with Crippen molar-refractivity contribution in [1.82, 2.24) is 0 Å². The molecule has 20 heavy (non-hydrogen) atoms. The van der Waals surface area contributed by atoms with Crippen LogP contribution in [0.4, 0.5) is 8.78 Å². The smallest absolute Gasteiger partial charge is 0.200 e. The van der Waals surface area contributed by atoms with Crippen molar-refractivity contribution in [2.75, 3.05) is 13.2 Å². The molecule has 2 unspecified atom stereocenters. The van der Waals surface area contributed by atoms with Gasteiger partial charge in [-0.3, -0.25) is 0 Å². The molecule has 1 aliphatic heterocycles. The molecule has 0 radical (unpaired) electrons. The standard InChI is InChI=1S/C14H17F2NO3/c15-9-2-1-3-11(13(9)16)20-12-8-14(5-4-10(12)17)18-6-7-19-14/h1-3,10,12H,4-8,17H2. The quantitative estimate of drug-likeness (QED) is 0.902. The fourth-order valence-corrected chi connectivity index (χ4v) is 2.76. The first kappa shape index (κ1) is 13.7. The van der Waals surface area contributed by atoms with Crippen molar-refractivity contribution in [2.45, 2.75) is 37.2 Å². The fourth-order valence-electron chi connectivity index (χ4n) is 2.76. The lowest BCUT2D eigenvalue weighted by molar-refractivity contribution is -0.195. The third-order valence-corrected chi connectivity index (χ3v) is 3.86. The summed E-state index contributed by atoms with van der Waals surface area (Å²) in [5, 5.41) is 0. The molecule has 1 heterocycles. The van der Waals surface area contributed by atoms with Crippen molar-refractivity contribution < 1.29 is 23.0 Å². The predicted molar refractivity (Wildman–Crippen MR) is 67.2 cm³/mol. The minimum Gasteiger partial charge on any atom is -0.485 e. The molecule has 1 saturated heterocycles. The molecular formula is C14H17F2NO3. The lowest BCUT2D eigenvalue weighted by Crippen LogP contribution is -2.51. The summed E-state index contributed by atoms with van der Waals surface area (Å²) in [4.78, 5) is 0. The second-order valence-corrected chi connectivity index (χ2v) is 5.22. The molecule has 1 saturated carbocycles. The monoisotopic (exact) mass is 285 g/mol. The van der Waals surface area contributed by atoms with Crippen molar-refractivity contribution in [3.8, 4) is 5.75 Å². The highest BCUT2D eigenvalue weighted by molar-refractivity contribution is 5.25. The Balaban J connectivity index is 1.76. The molecule has 2 atom stereocenters. The van der Waals surface area contributed by atoms with Crippen LogP contribution >= 0.6 is 0 Å². The average Bonchev–Trinajstić information content (AvgIpc) is 2.88. The van der Waals surface area contributed by atoms with Crippen LogP contribution in [0.5, 0.6) is 5.75 Å². The van der Waals surface area contributed by atoms with Crippen LogP contribution in [0.2, 0.25) is 0 Å². The summed E-state index contributed by atoms with van der Waals surface area (Å²) < 4.78 is 43.7. The van der Waals surface area contributed by atoms with Gasteiger partial charge in [-0.25, -0.2) is 4.39 Å².